The molecule has 0 radical (unpaired) electrons. The molecule has 0 aliphatic heterocycles. The molecule has 2 aromatic heterocycles. The first-order valence-corrected chi connectivity index (χ1v) is 8.34. The molecular weight excluding hydrogens is 306 g/mol. The summed E-state index contributed by atoms with van der Waals surface area (Å²) in [7, 11) is 0. The van der Waals surface area contributed by atoms with E-state index in [9.17, 15) is 0 Å². The highest BCUT2D eigenvalue weighted by Crippen LogP contribution is 2.26. The number of rotatable bonds is 7. The van der Waals surface area contributed by atoms with Crippen LogP contribution in [0.2, 0.25) is 5.02 Å². The molecule has 21 heavy (non-hydrogen) atoms. The smallest absolute Gasteiger partial charge is 0.256 e. The van der Waals surface area contributed by atoms with Gasteiger partial charge in [0.1, 0.15) is 5.52 Å². The first kappa shape index (κ1) is 14.5. The summed E-state index contributed by atoms with van der Waals surface area (Å²) in [5, 5.41) is 5.59. The van der Waals surface area contributed by atoms with Crippen LogP contribution in [0.15, 0.2) is 46.3 Å². The largest absolute Gasteiger partial charge is 0.431 e. The number of aromatic nitrogens is 3. The molecule has 0 saturated carbocycles. The van der Waals surface area contributed by atoms with Crippen molar-refractivity contribution in [3.63, 3.8) is 0 Å². The Morgan fingerprint density at radius 3 is 3.05 bits per heavy atom. The van der Waals surface area contributed by atoms with E-state index in [-0.39, 0.29) is 0 Å². The fourth-order valence-corrected chi connectivity index (χ4v) is 3.08. The van der Waals surface area contributed by atoms with Crippen LogP contribution >= 0.6 is 23.4 Å². The van der Waals surface area contributed by atoms with Crippen molar-refractivity contribution >= 4 is 34.5 Å². The van der Waals surface area contributed by atoms with Gasteiger partial charge in [-0.15, -0.1) is 0 Å². The number of nitrogens with zero attached hydrogens (tertiary/aromatic N) is 3. The molecule has 2 heterocycles. The number of oxazole rings is 1. The molecule has 0 aliphatic carbocycles. The number of benzene rings is 1. The molecule has 4 nitrogen and oxygen atoms in total. The van der Waals surface area contributed by atoms with E-state index in [2.05, 4.69) is 10.1 Å². The lowest BCUT2D eigenvalue weighted by atomic mass is 10.2. The summed E-state index contributed by atoms with van der Waals surface area (Å²) in [6, 6.07) is 7.47. The Morgan fingerprint density at radius 2 is 2.19 bits per heavy atom. The molecule has 0 fully saturated rings. The third kappa shape index (κ3) is 4.02. The van der Waals surface area contributed by atoms with Crippen molar-refractivity contribution in [2.45, 2.75) is 31.0 Å². The van der Waals surface area contributed by atoms with Gasteiger partial charge in [-0.1, -0.05) is 29.8 Å². The number of hydrogen-bond donors (Lipinski definition) is 0. The van der Waals surface area contributed by atoms with Gasteiger partial charge in [-0.2, -0.15) is 5.10 Å². The summed E-state index contributed by atoms with van der Waals surface area (Å²) in [6.07, 6.45) is 7.28. The molecule has 0 bridgehead atoms. The zero-order chi connectivity index (χ0) is 14.5. The van der Waals surface area contributed by atoms with Crippen molar-refractivity contribution in [2.75, 3.05) is 5.75 Å². The van der Waals surface area contributed by atoms with Crippen LogP contribution in [0.25, 0.3) is 11.1 Å². The summed E-state index contributed by atoms with van der Waals surface area (Å²) >= 11 is 7.59. The lowest BCUT2D eigenvalue weighted by Gasteiger charge is -2.00. The molecule has 0 unspecified atom stereocenters. The van der Waals surface area contributed by atoms with Gasteiger partial charge in [0, 0.05) is 35.8 Å². The SMILES string of the molecule is Clc1ccc2nc(SCCCCCn3cccn3)oc2c1. The van der Waals surface area contributed by atoms with Crippen LogP contribution in [-0.4, -0.2) is 20.5 Å². The van der Waals surface area contributed by atoms with Gasteiger partial charge in [0.15, 0.2) is 5.58 Å². The van der Waals surface area contributed by atoms with Crippen LogP contribution in [0.1, 0.15) is 19.3 Å². The van der Waals surface area contributed by atoms with E-state index in [1.54, 1.807) is 17.8 Å². The molecule has 0 saturated heterocycles. The van der Waals surface area contributed by atoms with Crippen LogP contribution in [0, 0.1) is 0 Å². The summed E-state index contributed by atoms with van der Waals surface area (Å²) in [5.41, 5.74) is 1.62. The van der Waals surface area contributed by atoms with E-state index in [1.165, 1.54) is 6.42 Å². The molecule has 1 aromatic carbocycles. The first-order valence-electron chi connectivity index (χ1n) is 6.97. The van der Waals surface area contributed by atoms with Gasteiger partial charge in [-0.25, -0.2) is 4.98 Å². The third-order valence-corrected chi connectivity index (χ3v) is 4.30. The van der Waals surface area contributed by atoms with E-state index in [0.717, 1.165) is 41.5 Å². The normalized spacial score (nSPS) is 11.3. The number of halogens is 1. The van der Waals surface area contributed by atoms with Gasteiger partial charge in [-0.3, -0.25) is 4.68 Å². The van der Waals surface area contributed by atoms with E-state index in [1.807, 2.05) is 35.3 Å². The Kier molecular flexibility index (Phi) is 4.83. The number of thioether (sulfide) groups is 1. The Hall–Kier alpha value is -1.46. The van der Waals surface area contributed by atoms with E-state index in [4.69, 9.17) is 16.0 Å². The highest BCUT2D eigenvalue weighted by Gasteiger charge is 2.06. The van der Waals surface area contributed by atoms with Crippen molar-refractivity contribution in [1.82, 2.24) is 14.8 Å². The highest BCUT2D eigenvalue weighted by molar-refractivity contribution is 7.99. The maximum absolute atomic E-state index is 5.93. The second-order valence-corrected chi connectivity index (χ2v) is 6.25. The molecule has 0 aliphatic rings. The van der Waals surface area contributed by atoms with Gasteiger partial charge < -0.3 is 4.42 Å². The fourth-order valence-electron chi connectivity index (χ4n) is 2.08. The Labute approximate surface area is 132 Å². The summed E-state index contributed by atoms with van der Waals surface area (Å²) in [5.74, 6) is 1.01. The average molecular weight is 322 g/mol. The minimum absolute atomic E-state index is 0.675. The predicted molar refractivity (Wildman–Crippen MR) is 85.8 cm³/mol. The van der Waals surface area contributed by atoms with Crippen LogP contribution in [0.4, 0.5) is 0 Å². The Balaban J connectivity index is 1.40. The minimum atomic E-state index is 0.675. The van der Waals surface area contributed by atoms with Gasteiger partial charge in [0.05, 0.1) is 0 Å². The lowest BCUT2D eigenvalue weighted by Crippen LogP contribution is -1.98. The highest BCUT2D eigenvalue weighted by atomic mass is 35.5. The first-order chi connectivity index (χ1) is 10.3. The number of hydrogen-bond acceptors (Lipinski definition) is 4. The zero-order valence-corrected chi connectivity index (χ0v) is 13.1. The maximum Gasteiger partial charge on any atom is 0.256 e. The van der Waals surface area contributed by atoms with Gasteiger partial charge in [0.2, 0.25) is 0 Å². The number of unbranched alkanes of at least 4 members (excludes halogenated alkanes) is 2. The van der Waals surface area contributed by atoms with Crippen molar-refractivity contribution in [2.24, 2.45) is 0 Å². The van der Waals surface area contributed by atoms with E-state index >= 15 is 0 Å². The van der Waals surface area contributed by atoms with Crippen molar-refractivity contribution in [3.05, 3.63) is 41.7 Å². The molecule has 0 N–H and O–H groups in total. The average Bonchev–Trinajstić information content (AvgIpc) is 3.11. The van der Waals surface area contributed by atoms with E-state index < -0.39 is 0 Å². The second-order valence-electron chi connectivity index (χ2n) is 4.77. The molecule has 3 rings (SSSR count). The fraction of sp³-hybridized carbons (Fsp3) is 0.333. The molecule has 6 heteroatoms. The monoisotopic (exact) mass is 321 g/mol. The molecule has 3 aromatic rings. The van der Waals surface area contributed by atoms with Gasteiger partial charge in [-0.05, 0) is 31.0 Å². The summed E-state index contributed by atoms with van der Waals surface area (Å²) in [4.78, 5) is 4.44. The quantitative estimate of drug-likeness (QED) is 0.469. The van der Waals surface area contributed by atoms with Crippen LogP contribution in [0.5, 0.6) is 0 Å². The van der Waals surface area contributed by atoms with Gasteiger partial charge >= 0.3 is 0 Å². The number of aryl methyl sites for hydroxylation is 1. The standard InChI is InChI=1S/C15H16ClN3OS/c16-12-5-6-13-14(11-12)20-15(18-13)21-10-3-1-2-8-19-9-4-7-17-19/h4-7,9,11H,1-3,8,10H2. The maximum atomic E-state index is 5.93. The Morgan fingerprint density at radius 1 is 1.24 bits per heavy atom. The molecule has 0 spiro atoms. The second kappa shape index (κ2) is 7.00. The third-order valence-electron chi connectivity index (χ3n) is 3.15. The van der Waals surface area contributed by atoms with E-state index in [0.29, 0.717) is 5.02 Å². The minimum Gasteiger partial charge on any atom is -0.431 e. The van der Waals surface area contributed by atoms with Crippen molar-refractivity contribution in [3.8, 4) is 0 Å². The molecule has 0 amide bonds. The summed E-state index contributed by atoms with van der Waals surface area (Å²) in [6.45, 7) is 0.985. The van der Waals surface area contributed by atoms with Crippen LogP contribution < -0.4 is 0 Å². The van der Waals surface area contributed by atoms with Crippen molar-refractivity contribution in [1.29, 1.82) is 0 Å². The van der Waals surface area contributed by atoms with Gasteiger partial charge in [0.25, 0.3) is 5.22 Å². The topological polar surface area (TPSA) is 43.9 Å². The molecule has 110 valence electrons. The summed E-state index contributed by atoms with van der Waals surface area (Å²) < 4.78 is 7.64. The number of fused-ring (bicyclic) bond motifs is 1. The van der Waals surface area contributed by atoms with Crippen LogP contribution in [0.3, 0.4) is 0 Å². The molecule has 0 atom stereocenters. The van der Waals surface area contributed by atoms with Crippen LogP contribution in [-0.2, 0) is 6.54 Å². The Bertz CT molecular complexity index is 696. The van der Waals surface area contributed by atoms with Crippen molar-refractivity contribution < 1.29 is 4.42 Å². The zero-order valence-electron chi connectivity index (χ0n) is 11.5. The lowest BCUT2D eigenvalue weighted by molar-refractivity contribution is 0.489. The molecular formula is C15H16ClN3OS. The predicted octanol–water partition coefficient (Wildman–Crippen LogP) is 4.64.